The third-order valence-corrected chi connectivity index (χ3v) is 5.10. The third kappa shape index (κ3) is 3.22. The van der Waals surface area contributed by atoms with E-state index in [0.29, 0.717) is 10.6 Å². The predicted molar refractivity (Wildman–Crippen MR) is 98.2 cm³/mol. The summed E-state index contributed by atoms with van der Waals surface area (Å²) < 4.78 is 55.6. The van der Waals surface area contributed by atoms with Crippen LogP contribution in [0, 0.1) is 23.3 Å². The third-order valence-electron chi connectivity index (χ3n) is 5.10. The number of aromatic nitrogens is 2. The van der Waals surface area contributed by atoms with E-state index in [1.54, 1.807) is 6.92 Å². The lowest BCUT2D eigenvalue weighted by Gasteiger charge is -2.37. The van der Waals surface area contributed by atoms with E-state index >= 15 is 0 Å². The van der Waals surface area contributed by atoms with Crippen LogP contribution in [-0.2, 0) is 12.0 Å². The van der Waals surface area contributed by atoms with Crippen LogP contribution >= 0.6 is 0 Å². The second kappa shape index (κ2) is 6.61. The average Bonchev–Trinajstić information content (AvgIpc) is 2.62. The first kappa shape index (κ1) is 19.0. The second-order valence-corrected chi connectivity index (χ2v) is 7.13. The Kier molecular flexibility index (Phi) is 4.33. The van der Waals surface area contributed by atoms with Crippen molar-refractivity contribution in [1.29, 1.82) is 0 Å². The molecule has 1 aliphatic heterocycles. The van der Waals surface area contributed by atoms with E-state index < -0.39 is 40.1 Å². The molecule has 1 atom stereocenters. The molecule has 1 aliphatic rings. The fraction of sp³-hybridized carbons (Fsp3) is 0.200. The fourth-order valence-electron chi connectivity index (χ4n) is 3.65. The first-order valence-corrected chi connectivity index (χ1v) is 8.76. The molecule has 1 aromatic heterocycles. The van der Waals surface area contributed by atoms with Gasteiger partial charge in [0.05, 0.1) is 16.8 Å². The van der Waals surface area contributed by atoms with Crippen LogP contribution in [0.25, 0.3) is 5.69 Å². The van der Waals surface area contributed by atoms with E-state index in [4.69, 9.17) is 0 Å². The summed E-state index contributed by atoms with van der Waals surface area (Å²) in [6, 6.07) is 5.43. The van der Waals surface area contributed by atoms with Crippen molar-refractivity contribution >= 4 is 5.82 Å². The summed E-state index contributed by atoms with van der Waals surface area (Å²) in [6.45, 7) is 1.62. The molecule has 0 fully saturated rings. The number of hydrogen-bond acceptors (Lipinski definition) is 3. The number of H-pyrrole nitrogens is 1. The molecule has 0 radical (unpaired) electrons. The summed E-state index contributed by atoms with van der Waals surface area (Å²) in [6.07, 6.45) is 0.349. The van der Waals surface area contributed by atoms with Crippen molar-refractivity contribution in [2.24, 2.45) is 0 Å². The molecule has 4 rings (SSSR count). The largest absolute Gasteiger partial charge is 0.362 e. The Morgan fingerprint density at radius 3 is 2.34 bits per heavy atom. The minimum Gasteiger partial charge on any atom is -0.362 e. The number of nitrogens with one attached hydrogen (secondary N) is 2. The molecule has 3 aromatic rings. The molecule has 5 nitrogen and oxygen atoms in total. The van der Waals surface area contributed by atoms with Gasteiger partial charge in [-0.2, -0.15) is 0 Å². The molecule has 0 amide bonds. The lowest BCUT2D eigenvalue weighted by molar-refractivity contribution is 0.440. The van der Waals surface area contributed by atoms with E-state index in [1.807, 2.05) is 0 Å². The van der Waals surface area contributed by atoms with Crippen molar-refractivity contribution in [3.63, 3.8) is 0 Å². The maximum Gasteiger partial charge on any atom is 0.334 e. The molecule has 2 heterocycles. The van der Waals surface area contributed by atoms with Crippen LogP contribution in [0.3, 0.4) is 0 Å². The number of benzene rings is 2. The van der Waals surface area contributed by atoms with Gasteiger partial charge in [-0.1, -0.05) is 0 Å². The van der Waals surface area contributed by atoms with Crippen LogP contribution < -0.4 is 16.6 Å². The molecular formula is C20H15F4N3O2. The highest BCUT2D eigenvalue weighted by atomic mass is 19.1. The summed E-state index contributed by atoms with van der Waals surface area (Å²) >= 11 is 0. The Morgan fingerprint density at radius 2 is 1.66 bits per heavy atom. The number of halogens is 4. The molecular weight excluding hydrogens is 390 g/mol. The molecule has 2 N–H and O–H groups in total. The monoisotopic (exact) mass is 405 g/mol. The molecule has 0 saturated heterocycles. The molecule has 2 aromatic carbocycles. The van der Waals surface area contributed by atoms with Crippen molar-refractivity contribution < 1.29 is 17.6 Å². The van der Waals surface area contributed by atoms with Gasteiger partial charge in [-0.25, -0.2) is 26.9 Å². The van der Waals surface area contributed by atoms with Crippen LogP contribution in [0.15, 0.2) is 46.0 Å². The summed E-state index contributed by atoms with van der Waals surface area (Å²) in [7, 11) is 0. The maximum atomic E-state index is 14.3. The maximum absolute atomic E-state index is 14.3. The van der Waals surface area contributed by atoms with Crippen LogP contribution in [0.1, 0.15) is 24.5 Å². The Morgan fingerprint density at radius 1 is 0.966 bits per heavy atom. The number of aromatic amines is 1. The highest BCUT2D eigenvalue weighted by Gasteiger charge is 2.35. The molecule has 0 aliphatic carbocycles. The lowest BCUT2D eigenvalue weighted by atomic mass is 9.83. The Balaban J connectivity index is 1.83. The van der Waals surface area contributed by atoms with Crippen molar-refractivity contribution in [2.75, 3.05) is 5.32 Å². The number of fused-ring (bicyclic) bond motifs is 1. The molecule has 0 bridgehead atoms. The van der Waals surface area contributed by atoms with E-state index in [0.717, 1.165) is 30.3 Å². The van der Waals surface area contributed by atoms with Gasteiger partial charge in [0, 0.05) is 11.6 Å². The standard InChI is InChI=1S/C20H15F4N3O2/c1-20(15-9-10(21)2-3-16(15)24)5-4-14-17(26-20)25-19(29)27(18(14)28)13-7-11(22)6-12(23)8-13/h2-3,6-9,26H,4-5H2,1H3,(H,25,29)/t20-/m1/s1. The van der Waals surface area contributed by atoms with Gasteiger partial charge in [-0.05, 0) is 50.1 Å². The minimum absolute atomic E-state index is 0.0559. The molecule has 9 heteroatoms. The van der Waals surface area contributed by atoms with Gasteiger partial charge in [0.25, 0.3) is 5.56 Å². The number of anilines is 1. The van der Waals surface area contributed by atoms with Gasteiger partial charge >= 0.3 is 5.69 Å². The predicted octanol–water partition coefficient (Wildman–Crippen LogP) is 3.36. The van der Waals surface area contributed by atoms with Crippen molar-refractivity contribution in [1.82, 2.24) is 9.55 Å². The summed E-state index contributed by atoms with van der Waals surface area (Å²) in [4.78, 5) is 27.8. The summed E-state index contributed by atoms with van der Waals surface area (Å²) in [5.41, 5.74) is -2.77. The number of nitrogens with zero attached hydrogens (tertiary/aromatic N) is 1. The fourth-order valence-corrected chi connectivity index (χ4v) is 3.65. The smallest absolute Gasteiger partial charge is 0.334 e. The summed E-state index contributed by atoms with van der Waals surface area (Å²) in [5, 5.41) is 2.92. The number of hydrogen-bond donors (Lipinski definition) is 2. The van der Waals surface area contributed by atoms with Crippen LogP contribution in [0.5, 0.6) is 0 Å². The van der Waals surface area contributed by atoms with Crippen LogP contribution in [-0.4, -0.2) is 9.55 Å². The van der Waals surface area contributed by atoms with E-state index in [1.165, 1.54) is 0 Å². The zero-order chi connectivity index (χ0) is 20.9. The van der Waals surface area contributed by atoms with Gasteiger partial charge in [-0.3, -0.25) is 9.78 Å². The Bertz CT molecular complexity index is 1230. The SMILES string of the molecule is C[C@]1(c2cc(F)ccc2F)CCc2c([nH]c(=O)n(-c3cc(F)cc(F)c3)c2=O)N1. The molecule has 0 spiro atoms. The van der Waals surface area contributed by atoms with E-state index in [9.17, 15) is 27.2 Å². The lowest BCUT2D eigenvalue weighted by Crippen LogP contribution is -2.44. The van der Waals surface area contributed by atoms with Crippen LogP contribution in [0.2, 0.25) is 0 Å². The molecule has 29 heavy (non-hydrogen) atoms. The Labute approximate surface area is 161 Å². The van der Waals surface area contributed by atoms with Crippen molar-refractivity contribution in [3.05, 3.63) is 91.6 Å². The molecule has 0 unspecified atom stereocenters. The highest BCUT2D eigenvalue weighted by Crippen LogP contribution is 2.36. The average molecular weight is 405 g/mol. The second-order valence-electron chi connectivity index (χ2n) is 7.13. The van der Waals surface area contributed by atoms with Gasteiger partial charge in [-0.15, -0.1) is 0 Å². The van der Waals surface area contributed by atoms with E-state index in [2.05, 4.69) is 10.3 Å². The molecule has 150 valence electrons. The van der Waals surface area contributed by atoms with Crippen LogP contribution in [0.4, 0.5) is 23.4 Å². The Hall–Kier alpha value is -3.36. The zero-order valence-electron chi connectivity index (χ0n) is 15.2. The first-order valence-electron chi connectivity index (χ1n) is 8.76. The minimum atomic E-state index is -1.08. The van der Waals surface area contributed by atoms with Gasteiger partial charge in [0.2, 0.25) is 0 Å². The van der Waals surface area contributed by atoms with Gasteiger partial charge in [0.1, 0.15) is 29.1 Å². The topological polar surface area (TPSA) is 66.9 Å². The zero-order valence-corrected chi connectivity index (χ0v) is 15.2. The number of rotatable bonds is 2. The van der Waals surface area contributed by atoms with E-state index in [-0.39, 0.29) is 35.5 Å². The van der Waals surface area contributed by atoms with Crippen molar-refractivity contribution in [2.45, 2.75) is 25.3 Å². The first-order chi connectivity index (χ1) is 13.7. The van der Waals surface area contributed by atoms with Crippen molar-refractivity contribution in [3.8, 4) is 5.69 Å². The van der Waals surface area contributed by atoms with Gasteiger partial charge in [0.15, 0.2) is 0 Å². The highest BCUT2D eigenvalue weighted by molar-refractivity contribution is 5.51. The van der Waals surface area contributed by atoms with Gasteiger partial charge < -0.3 is 5.32 Å². The quantitative estimate of drug-likeness (QED) is 0.643. The molecule has 0 saturated carbocycles. The normalized spacial score (nSPS) is 18.2. The summed E-state index contributed by atoms with van der Waals surface area (Å²) in [5.74, 6) is -3.05.